The zero-order valence-electron chi connectivity index (χ0n) is 9.95. The van der Waals surface area contributed by atoms with E-state index in [0.29, 0.717) is 0 Å². The smallest absolute Gasteiger partial charge is 0.431 e. The molecule has 0 saturated carbocycles. The summed E-state index contributed by atoms with van der Waals surface area (Å²) in [6.07, 6.45) is -3.16. The van der Waals surface area contributed by atoms with Gasteiger partial charge in [0.05, 0.1) is 0 Å². The highest BCUT2D eigenvalue weighted by atomic mass is 16.8. The lowest BCUT2D eigenvalue weighted by Crippen LogP contribution is -2.63. The van der Waals surface area contributed by atoms with Crippen molar-refractivity contribution in [3.8, 4) is 0 Å². The summed E-state index contributed by atoms with van der Waals surface area (Å²) in [5.74, 6) is 0. The maximum absolute atomic E-state index is 11.1. The van der Waals surface area contributed by atoms with Gasteiger partial charge in [0.1, 0.15) is 24.9 Å². The van der Waals surface area contributed by atoms with Gasteiger partial charge < -0.3 is 28.4 Å². The van der Waals surface area contributed by atoms with Crippen LogP contribution in [0.1, 0.15) is 0 Å². The third kappa shape index (κ3) is 2.23. The second kappa shape index (κ2) is 5.18. The molecule has 0 aliphatic carbocycles. The van der Waals surface area contributed by atoms with Crippen LogP contribution in [0.3, 0.4) is 0 Å². The molecular weight excluding hydrogens is 232 g/mol. The van der Waals surface area contributed by atoms with Gasteiger partial charge in [-0.25, -0.2) is 4.79 Å². The third-order valence-corrected chi connectivity index (χ3v) is 2.97. The van der Waals surface area contributed by atoms with Crippen molar-refractivity contribution in [1.82, 2.24) is 0 Å². The molecule has 2 saturated heterocycles. The van der Waals surface area contributed by atoms with E-state index < -0.39 is 36.9 Å². The molecule has 0 unspecified atom stereocenters. The minimum atomic E-state index is -0.720. The van der Waals surface area contributed by atoms with Gasteiger partial charge in [-0.05, 0) is 0 Å². The fraction of sp³-hybridized carbons (Fsp3) is 0.900. The molecule has 0 N–H and O–H groups in total. The number of cyclic esters (lactones) is 1. The Bertz CT molecular complexity index is 282. The number of hydrogen-bond acceptors (Lipinski definition) is 7. The van der Waals surface area contributed by atoms with E-state index in [4.69, 9.17) is 28.4 Å². The van der Waals surface area contributed by atoms with Gasteiger partial charge in [0, 0.05) is 21.3 Å². The van der Waals surface area contributed by atoms with Gasteiger partial charge in [-0.2, -0.15) is 0 Å². The SMILES string of the molecule is CO[C@@H]1O[C@@H]2COC(=O)O[C@H]2[C@H](OC)[C@H]1OC. The van der Waals surface area contributed by atoms with Crippen LogP contribution in [-0.4, -0.2) is 64.8 Å². The molecule has 7 heteroatoms. The van der Waals surface area contributed by atoms with E-state index >= 15 is 0 Å². The summed E-state index contributed by atoms with van der Waals surface area (Å²) in [4.78, 5) is 11.1. The van der Waals surface area contributed by atoms with Crippen LogP contribution in [0.2, 0.25) is 0 Å². The lowest BCUT2D eigenvalue weighted by atomic mass is 9.98. The summed E-state index contributed by atoms with van der Waals surface area (Å²) in [5, 5.41) is 0. The van der Waals surface area contributed by atoms with E-state index in [9.17, 15) is 4.79 Å². The lowest BCUT2D eigenvalue weighted by Gasteiger charge is -2.45. The maximum Gasteiger partial charge on any atom is 0.508 e. The van der Waals surface area contributed by atoms with E-state index in [1.165, 1.54) is 21.3 Å². The first-order valence-corrected chi connectivity index (χ1v) is 5.28. The molecule has 0 amide bonds. The number of methoxy groups -OCH3 is 3. The fourth-order valence-electron chi connectivity index (χ4n) is 2.16. The van der Waals surface area contributed by atoms with Crippen molar-refractivity contribution < 1.29 is 33.2 Å². The van der Waals surface area contributed by atoms with Crippen molar-refractivity contribution in [2.24, 2.45) is 0 Å². The lowest BCUT2D eigenvalue weighted by molar-refractivity contribution is -0.314. The summed E-state index contributed by atoms with van der Waals surface area (Å²) in [6.45, 7) is 0.125. The Morgan fingerprint density at radius 1 is 1.12 bits per heavy atom. The highest BCUT2D eigenvalue weighted by Gasteiger charge is 2.51. The molecule has 0 aromatic carbocycles. The maximum atomic E-state index is 11.1. The largest absolute Gasteiger partial charge is 0.508 e. The van der Waals surface area contributed by atoms with Crippen LogP contribution in [-0.2, 0) is 28.4 Å². The Hall–Kier alpha value is -0.890. The fourth-order valence-corrected chi connectivity index (χ4v) is 2.16. The summed E-state index contributed by atoms with van der Waals surface area (Å²) in [7, 11) is 4.56. The van der Waals surface area contributed by atoms with Crippen molar-refractivity contribution in [1.29, 1.82) is 0 Å². The molecule has 2 aliphatic rings. The van der Waals surface area contributed by atoms with Crippen molar-refractivity contribution in [3.63, 3.8) is 0 Å². The quantitative estimate of drug-likeness (QED) is 0.647. The predicted octanol–water partition coefficient (Wildman–Crippen LogP) is -0.0769. The molecule has 0 spiro atoms. The van der Waals surface area contributed by atoms with Gasteiger partial charge in [0.25, 0.3) is 0 Å². The number of carbonyl (C=O) groups is 1. The van der Waals surface area contributed by atoms with Gasteiger partial charge >= 0.3 is 6.16 Å². The first-order chi connectivity index (χ1) is 8.21. The van der Waals surface area contributed by atoms with Gasteiger partial charge in [0.15, 0.2) is 12.4 Å². The molecule has 2 heterocycles. The topological polar surface area (TPSA) is 72.5 Å². The Morgan fingerprint density at radius 3 is 2.41 bits per heavy atom. The summed E-state index contributed by atoms with van der Waals surface area (Å²) in [5.41, 5.74) is 0. The Morgan fingerprint density at radius 2 is 1.82 bits per heavy atom. The van der Waals surface area contributed by atoms with Crippen LogP contribution in [0.5, 0.6) is 0 Å². The van der Waals surface area contributed by atoms with Gasteiger partial charge in [-0.15, -0.1) is 0 Å². The number of ether oxygens (including phenoxy) is 6. The minimum Gasteiger partial charge on any atom is -0.431 e. The molecule has 2 rings (SSSR count). The van der Waals surface area contributed by atoms with Crippen LogP contribution in [0.15, 0.2) is 0 Å². The first kappa shape index (κ1) is 12.6. The van der Waals surface area contributed by atoms with E-state index in [1.807, 2.05) is 0 Å². The zero-order valence-corrected chi connectivity index (χ0v) is 9.95. The van der Waals surface area contributed by atoms with Gasteiger partial charge in [-0.1, -0.05) is 0 Å². The van der Waals surface area contributed by atoms with Gasteiger partial charge in [0.2, 0.25) is 0 Å². The summed E-state index contributed by atoms with van der Waals surface area (Å²) >= 11 is 0. The summed E-state index contributed by atoms with van der Waals surface area (Å²) in [6, 6.07) is 0. The van der Waals surface area contributed by atoms with Crippen molar-refractivity contribution >= 4 is 6.16 Å². The highest BCUT2D eigenvalue weighted by molar-refractivity contribution is 5.61. The minimum absolute atomic E-state index is 0.125. The standard InChI is InChI=1S/C10H16O7/c1-12-7-6-5(4-15-10(11)17-6)16-9(14-3)8(7)13-2/h5-9H,4H2,1-3H3/t5-,6-,7+,8-,9-/m1/s1. The van der Waals surface area contributed by atoms with E-state index in [-0.39, 0.29) is 6.61 Å². The molecule has 2 aliphatic heterocycles. The predicted molar refractivity (Wildman–Crippen MR) is 53.5 cm³/mol. The Balaban J connectivity index is 2.17. The molecule has 2 fully saturated rings. The van der Waals surface area contributed by atoms with Crippen LogP contribution in [0, 0.1) is 0 Å². The number of fused-ring (bicyclic) bond motifs is 1. The third-order valence-electron chi connectivity index (χ3n) is 2.97. The molecule has 0 aromatic rings. The molecular formula is C10H16O7. The molecule has 0 radical (unpaired) electrons. The van der Waals surface area contributed by atoms with Crippen LogP contribution in [0.4, 0.5) is 4.79 Å². The molecule has 98 valence electrons. The average molecular weight is 248 g/mol. The Labute approximate surface area is 98.9 Å². The Kier molecular flexibility index (Phi) is 3.82. The monoisotopic (exact) mass is 248 g/mol. The second-order valence-corrected chi connectivity index (χ2v) is 3.82. The number of hydrogen-bond donors (Lipinski definition) is 0. The average Bonchev–Trinajstić information content (AvgIpc) is 2.36. The number of carbonyl (C=O) groups excluding carboxylic acids is 1. The molecule has 7 nitrogen and oxygen atoms in total. The van der Waals surface area contributed by atoms with Crippen LogP contribution in [0.25, 0.3) is 0 Å². The first-order valence-electron chi connectivity index (χ1n) is 5.28. The van der Waals surface area contributed by atoms with Crippen LogP contribution < -0.4 is 0 Å². The number of rotatable bonds is 3. The zero-order chi connectivity index (χ0) is 12.4. The van der Waals surface area contributed by atoms with Crippen LogP contribution >= 0.6 is 0 Å². The molecule has 0 aromatic heterocycles. The molecule has 5 atom stereocenters. The normalized spacial score (nSPS) is 41.4. The summed E-state index contributed by atoms with van der Waals surface area (Å²) < 4.78 is 31.2. The second-order valence-electron chi connectivity index (χ2n) is 3.82. The van der Waals surface area contributed by atoms with Crippen molar-refractivity contribution in [3.05, 3.63) is 0 Å². The van der Waals surface area contributed by atoms with Crippen molar-refractivity contribution in [2.45, 2.75) is 30.7 Å². The van der Waals surface area contributed by atoms with Gasteiger partial charge in [-0.3, -0.25) is 0 Å². The van der Waals surface area contributed by atoms with Crippen molar-refractivity contribution in [2.75, 3.05) is 27.9 Å². The van der Waals surface area contributed by atoms with E-state index in [1.54, 1.807) is 0 Å². The molecule has 0 bridgehead atoms. The highest BCUT2D eigenvalue weighted by Crippen LogP contribution is 2.30. The van der Waals surface area contributed by atoms with E-state index in [0.717, 1.165) is 0 Å². The molecule has 17 heavy (non-hydrogen) atoms. The van der Waals surface area contributed by atoms with E-state index in [2.05, 4.69) is 0 Å².